The number of nitrogens with zero attached hydrogens (tertiary/aromatic N) is 2. The molecule has 13 heavy (non-hydrogen) atoms. The fourth-order valence-electron chi connectivity index (χ4n) is 1.03. The molecule has 0 atom stereocenters. The van der Waals surface area contributed by atoms with Crippen LogP contribution in [-0.4, -0.2) is 15.0 Å². The number of hydrogen-bond acceptors (Lipinski definition) is 4. The van der Waals surface area contributed by atoms with Gasteiger partial charge in [-0.25, -0.2) is 9.97 Å². The van der Waals surface area contributed by atoms with Crippen LogP contribution in [0.4, 0.5) is 0 Å². The molecule has 2 heterocycles. The van der Waals surface area contributed by atoms with Gasteiger partial charge in [0.2, 0.25) is 0 Å². The lowest BCUT2D eigenvalue weighted by atomic mass is 10.4. The van der Waals surface area contributed by atoms with Crippen LogP contribution in [0.15, 0.2) is 21.8 Å². The molecule has 2 aromatic heterocycles. The SMILES string of the molecule is Cc1cc(=O)[nH]c(-c2cscn2)n1. The Morgan fingerprint density at radius 1 is 1.54 bits per heavy atom. The molecule has 1 N–H and O–H groups in total. The van der Waals surface area contributed by atoms with E-state index < -0.39 is 0 Å². The van der Waals surface area contributed by atoms with Crippen LogP contribution in [0.3, 0.4) is 0 Å². The van der Waals surface area contributed by atoms with Crippen LogP contribution in [0, 0.1) is 6.92 Å². The summed E-state index contributed by atoms with van der Waals surface area (Å²) < 4.78 is 0. The number of thiazole rings is 1. The highest BCUT2D eigenvalue weighted by Crippen LogP contribution is 2.12. The molecule has 0 saturated carbocycles. The molecule has 2 aromatic rings. The van der Waals surface area contributed by atoms with Crippen molar-refractivity contribution in [2.24, 2.45) is 0 Å². The molecule has 4 nitrogen and oxygen atoms in total. The topological polar surface area (TPSA) is 58.6 Å². The zero-order chi connectivity index (χ0) is 9.26. The van der Waals surface area contributed by atoms with E-state index >= 15 is 0 Å². The maximum Gasteiger partial charge on any atom is 0.251 e. The molecule has 2 rings (SSSR count). The van der Waals surface area contributed by atoms with Crippen LogP contribution >= 0.6 is 11.3 Å². The molecule has 0 aromatic carbocycles. The Kier molecular flexibility index (Phi) is 1.94. The highest BCUT2D eigenvalue weighted by atomic mass is 32.1. The van der Waals surface area contributed by atoms with E-state index in [0.717, 1.165) is 0 Å². The average Bonchev–Trinajstić information content (AvgIpc) is 2.53. The van der Waals surface area contributed by atoms with E-state index in [2.05, 4.69) is 15.0 Å². The number of aromatic nitrogens is 3. The summed E-state index contributed by atoms with van der Waals surface area (Å²) in [5, 5.41) is 1.84. The van der Waals surface area contributed by atoms with E-state index in [0.29, 0.717) is 17.2 Å². The molecule has 0 aliphatic heterocycles. The first-order valence-corrected chi connectivity index (χ1v) is 4.66. The zero-order valence-corrected chi connectivity index (χ0v) is 7.76. The first-order valence-electron chi connectivity index (χ1n) is 3.72. The number of aryl methyl sites for hydroxylation is 1. The zero-order valence-electron chi connectivity index (χ0n) is 6.94. The highest BCUT2D eigenvalue weighted by Gasteiger charge is 2.02. The maximum atomic E-state index is 11.1. The predicted molar refractivity (Wildman–Crippen MR) is 50.7 cm³/mol. The third kappa shape index (κ3) is 1.65. The van der Waals surface area contributed by atoms with Gasteiger partial charge in [-0.05, 0) is 6.92 Å². The van der Waals surface area contributed by atoms with E-state index in [1.54, 1.807) is 12.4 Å². The van der Waals surface area contributed by atoms with Gasteiger partial charge >= 0.3 is 0 Å². The smallest absolute Gasteiger partial charge is 0.251 e. The maximum absolute atomic E-state index is 11.1. The second kappa shape index (κ2) is 3.10. The number of rotatable bonds is 1. The average molecular weight is 193 g/mol. The van der Waals surface area contributed by atoms with E-state index in [-0.39, 0.29) is 5.56 Å². The molecule has 5 heteroatoms. The van der Waals surface area contributed by atoms with Crippen LogP contribution in [0.2, 0.25) is 0 Å². The van der Waals surface area contributed by atoms with Gasteiger partial charge in [-0.1, -0.05) is 0 Å². The molecule has 0 bridgehead atoms. The number of aromatic amines is 1. The second-order valence-electron chi connectivity index (χ2n) is 2.61. The van der Waals surface area contributed by atoms with Gasteiger partial charge in [0.15, 0.2) is 5.82 Å². The lowest BCUT2D eigenvalue weighted by molar-refractivity contribution is 1.06. The van der Waals surface area contributed by atoms with Crippen molar-refractivity contribution < 1.29 is 0 Å². The monoisotopic (exact) mass is 193 g/mol. The van der Waals surface area contributed by atoms with Gasteiger partial charge in [0.25, 0.3) is 5.56 Å². The Bertz CT molecular complexity index is 460. The van der Waals surface area contributed by atoms with Crippen molar-refractivity contribution in [3.63, 3.8) is 0 Å². The summed E-state index contributed by atoms with van der Waals surface area (Å²) in [4.78, 5) is 21.9. The van der Waals surface area contributed by atoms with Crippen molar-refractivity contribution >= 4 is 11.3 Å². The minimum absolute atomic E-state index is 0.143. The lowest BCUT2D eigenvalue weighted by Gasteiger charge is -1.96. The van der Waals surface area contributed by atoms with E-state index in [4.69, 9.17) is 0 Å². The Morgan fingerprint density at radius 2 is 2.38 bits per heavy atom. The van der Waals surface area contributed by atoms with Gasteiger partial charge in [0, 0.05) is 17.1 Å². The summed E-state index contributed by atoms with van der Waals surface area (Å²) in [6.45, 7) is 1.78. The van der Waals surface area contributed by atoms with Gasteiger partial charge in [-0.15, -0.1) is 11.3 Å². The molecular weight excluding hydrogens is 186 g/mol. The van der Waals surface area contributed by atoms with Crippen LogP contribution in [0.25, 0.3) is 11.5 Å². The lowest BCUT2D eigenvalue weighted by Crippen LogP contribution is -2.08. The van der Waals surface area contributed by atoms with Gasteiger partial charge in [-0.2, -0.15) is 0 Å². The minimum Gasteiger partial charge on any atom is -0.305 e. The van der Waals surface area contributed by atoms with Gasteiger partial charge in [0.05, 0.1) is 5.51 Å². The third-order valence-corrected chi connectivity index (χ3v) is 2.13. The first-order chi connectivity index (χ1) is 6.25. The Hall–Kier alpha value is -1.49. The summed E-state index contributed by atoms with van der Waals surface area (Å²) in [5.74, 6) is 0.534. The van der Waals surface area contributed by atoms with Crippen molar-refractivity contribution in [3.05, 3.63) is 33.0 Å². The van der Waals surface area contributed by atoms with Crippen LogP contribution in [-0.2, 0) is 0 Å². The Morgan fingerprint density at radius 3 is 3.00 bits per heavy atom. The highest BCUT2D eigenvalue weighted by molar-refractivity contribution is 7.07. The molecule has 0 amide bonds. The number of hydrogen-bond donors (Lipinski definition) is 1. The van der Waals surface area contributed by atoms with E-state index in [9.17, 15) is 4.79 Å². The third-order valence-electron chi connectivity index (χ3n) is 1.54. The molecule has 0 radical (unpaired) electrons. The molecule has 0 aliphatic rings. The molecule has 0 aliphatic carbocycles. The van der Waals surface area contributed by atoms with Gasteiger partial charge < -0.3 is 4.98 Å². The molecule has 0 unspecified atom stereocenters. The first kappa shape index (κ1) is 8.12. The van der Waals surface area contributed by atoms with E-state index in [1.165, 1.54) is 17.4 Å². The van der Waals surface area contributed by atoms with Gasteiger partial charge in [0.1, 0.15) is 5.69 Å². The van der Waals surface area contributed by atoms with E-state index in [1.807, 2.05) is 5.38 Å². The Labute approximate surface area is 78.3 Å². The molecule has 0 fully saturated rings. The molecule has 66 valence electrons. The molecular formula is C8H7N3OS. The van der Waals surface area contributed by atoms with Crippen LogP contribution in [0.1, 0.15) is 5.69 Å². The summed E-state index contributed by atoms with van der Waals surface area (Å²) in [5.41, 5.74) is 2.98. The van der Waals surface area contributed by atoms with Crippen molar-refractivity contribution in [2.45, 2.75) is 6.92 Å². The van der Waals surface area contributed by atoms with Crippen molar-refractivity contribution in [1.29, 1.82) is 0 Å². The fraction of sp³-hybridized carbons (Fsp3) is 0.125. The standard InChI is InChI=1S/C8H7N3OS/c1-5-2-7(12)11-8(10-5)6-3-13-4-9-6/h2-4H,1H3,(H,10,11,12). The summed E-state index contributed by atoms with van der Waals surface area (Å²) >= 11 is 1.47. The normalized spacial score (nSPS) is 10.2. The van der Waals surface area contributed by atoms with Crippen molar-refractivity contribution in [1.82, 2.24) is 15.0 Å². The summed E-state index contributed by atoms with van der Waals surface area (Å²) in [7, 11) is 0. The predicted octanol–water partition coefficient (Wildman–Crippen LogP) is 1.20. The Balaban J connectivity index is 2.59. The molecule has 0 spiro atoms. The second-order valence-corrected chi connectivity index (χ2v) is 3.33. The van der Waals surface area contributed by atoms with Gasteiger partial charge in [-0.3, -0.25) is 4.79 Å². The summed E-state index contributed by atoms with van der Waals surface area (Å²) in [6, 6.07) is 1.45. The number of nitrogens with one attached hydrogen (secondary N) is 1. The largest absolute Gasteiger partial charge is 0.305 e. The molecule has 0 saturated heterocycles. The van der Waals surface area contributed by atoms with Crippen molar-refractivity contribution in [3.8, 4) is 11.5 Å². The summed E-state index contributed by atoms with van der Waals surface area (Å²) in [6.07, 6.45) is 0. The van der Waals surface area contributed by atoms with Crippen LogP contribution < -0.4 is 5.56 Å². The number of H-pyrrole nitrogens is 1. The quantitative estimate of drug-likeness (QED) is 0.740. The fourth-order valence-corrected chi connectivity index (χ4v) is 1.57. The van der Waals surface area contributed by atoms with Crippen LogP contribution in [0.5, 0.6) is 0 Å². The van der Waals surface area contributed by atoms with Crippen molar-refractivity contribution in [2.75, 3.05) is 0 Å². The minimum atomic E-state index is -0.143.